The fraction of sp³-hybridized carbons (Fsp3) is 0.333. The minimum Gasteiger partial charge on any atom is -0.397 e. The molecule has 0 saturated heterocycles. The first-order chi connectivity index (χ1) is 9.08. The van der Waals surface area contributed by atoms with E-state index in [1.165, 1.54) is 16.9 Å². The maximum atomic E-state index is 11.1. The van der Waals surface area contributed by atoms with Gasteiger partial charge in [-0.15, -0.1) is 11.3 Å². The van der Waals surface area contributed by atoms with Crippen LogP contribution in [0.1, 0.15) is 27.3 Å². The van der Waals surface area contributed by atoms with Crippen molar-refractivity contribution in [3.8, 4) is 0 Å². The van der Waals surface area contributed by atoms with Crippen molar-refractivity contribution in [2.45, 2.75) is 19.8 Å². The van der Waals surface area contributed by atoms with E-state index >= 15 is 0 Å². The lowest BCUT2D eigenvalue weighted by Crippen LogP contribution is -2.10. The first kappa shape index (κ1) is 13.4. The fourth-order valence-corrected chi connectivity index (χ4v) is 2.66. The van der Waals surface area contributed by atoms with Gasteiger partial charge in [0.15, 0.2) is 0 Å². The molecule has 2 aromatic heterocycles. The molecular weight excluding hydrogens is 262 g/mol. The average Bonchev–Trinajstić information content (AvgIpc) is 2.91. The lowest BCUT2D eigenvalue weighted by Gasteiger charge is -2.02. The number of aryl methyl sites for hydroxylation is 2. The second-order valence-electron chi connectivity index (χ2n) is 4.31. The van der Waals surface area contributed by atoms with E-state index < -0.39 is 5.91 Å². The van der Waals surface area contributed by atoms with Gasteiger partial charge in [-0.1, -0.05) is 0 Å². The molecule has 2 heterocycles. The van der Waals surface area contributed by atoms with Gasteiger partial charge in [-0.05, 0) is 31.4 Å². The molecule has 102 valence electrons. The minimum absolute atomic E-state index is 0.410. The molecular formula is C12H17N5OS. The van der Waals surface area contributed by atoms with Crippen molar-refractivity contribution in [1.29, 1.82) is 0 Å². The summed E-state index contributed by atoms with van der Waals surface area (Å²) in [5.74, 6) is -0.482. The number of hydrogen-bond acceptors (Lipinski definition) is 5. The highest BCUT2D eigenvalue weighted by Gasteiger charge is 2.10. The van der Waals surface area contributed by atoms with Crippen LogP contribution in [0, 0.1) is 6.92 Å². The smallest absolute Gasteiger partial charge is 0.260 e. The molecule has 19 heavy (non-hydrogen) atoms. The van der Waals surface area contributed by atoms with Gasteiger partial charge in [0.2, 0.25) is 0 Å². The van der Waals surface area contributed by atoms with Crippen LogP contribution >= 0.6 is 11.3 Å². The number of H-pyrrole nitrogens is 1. The Morgan fingerprint density at radius 1 is 1.58 bits per heavy atom. The summed E-state index contributed by atoms with van der Waals surface area (Å²) < 4.78 is 0. The quantitative estimate of drug-likeness (QED) is 0.601. The number of hydrogen-bond donors (Lipinski definition) is 4. The summed E-state index contributed by atoms with van der Waals surface area (Å²) in [4.78, 5) is 11.5. The summed E-state index contributed by atoms with van der Waals surface area (Å²) in [6, 6.07) is 1.74. The van der Waals surface area contributed by atoms with E-state index in [-0.39, 0.29) is 0 Å². The molecule has 1 amide bonds. The van der Waals surface area contributed by atoms with Crippen LogP contribution < -0.4 is 16.8 Å². The molecule has 6 N–H and O–H groups in total. The first-order valence-corrected chi connectivity index (χ1v) is 6.81. The SMILES string of the molecule is Cc1[nH]ncc1CCCNc1cc(N)c(C(N)=O)s1. The van der Waals surface area contributed by atoms with Crippen molar-refractivity contribution in [3.05, 3.63) is 28.4 Å². The Morgan fingerprint density at radius 2 is 2.37 bits per heavy atom. The predicted octanol–water partition coefficient (Wildman–Crippen LogP) is 1.51. The van der Waals surface area contributed by atoms with E-state index in [0.29, 0.717) is 10.6 Å². The van der Waals surface area contributed by atoms with Crippen molar-refractivity contribution >= 4 is 27.9 Å². The minimum atomic E-state index is -0.482. The van der Waals surface area contributed by atoms with Gasteiger partial charge in [-0.3, -0.25) is 9.89 Å². The van der Waals surface area contributed by atoms with Gasteiger partial charge in [0.05, 0.1) is 16.9 Å². The molecule has 0 bridgehead atoms. The number of primary amides is 1. The fourth-order valence-electron chi connectivity index (χ4n) is 1.80. The third kappa shape index (κ3) is 3.25. The van der Waals surface area contributed by atoms with E-state index in [0.717, 1.165) is 30.1 Å². The number of nitrogens with zero attached hydrogens (tertiary/aromatic N) is 1. The van der Waals surface area contributed by atoms with Crippen molar-refractivity contribution < 1.29 is 4.79 Å². The Kier molecular flexibility index (Phi) is 4.06. The average molecular weight is 279 g/mol. The number of aromatic amines is 1. The van der Waals surface area contributed by atoms with Crippen molar-refractivity contribution in [2.75, 3.05) is 17.6 Å². The first-order valence-electron chi connectivity index (χ1n) is 5.99. The molecule has 0 aromatic carbocycles. The van der Waals surface area contributed by atoms with Gasteiger partial charge in [-0.25, -0.2) is 0 Å². The Labute approximate surface area is 115 Å². The molecule has 2 rings (SSSR count). The summed E-state index contributed by atoms with van der Waals surface area (Å²) in [5.41, 5.74) is 13.7. The molecule has 0 atom stereocenters. The largest absolute Gasteiger partial charge is 0.397 e. The normalized spacial score (nSPS) is 10.6. The lowest BCUT2D eigenvalue weighted by molar-refractivity contribution is 0.100. The second kappa shape index (κ2) is 5.75. The number of aromatic nitrogens is 2. The van der Waals surface area contributed by atoms with Crippen LogP contribution in [0.2, 0.25) is 0 Å². The van der Waals surface area contributed by atoms with Crippen molar-refractivity contribution in [1.82, 2.24) is 10.2 Å². The second-order valence-corrected chi connectivity index (χ2v) is 5.36. The predicted molar refractivity (Wildman–Crippen MR) is 77.4 cm³/mol. The number of nitrogens with one attached hydrogen (secondary N) is 2. The van der Waals surface area contributed by atoms with E-state index in [4.69, 9.17) is 11.5 Å². The maximum absolute atomic E-state index is 11.1. The summed E-state index contributed by atoms with van der Waals surface area (Å²) in [6.45, 7) is 2.82. The zero-order valence-corrected chi connectivity index (χ0v) is 11.5. The van der Waals surface area contributed by atoms with Crippen LogP contribution in [0.15, 0.2) is 12.3 Å². The monoisotopic (exact) mass is 279 g/mol. The number of amides is 1. The van der Waals surface area contributed by atoms with Crippen molar-refractivity contribution in [2.24, 2.45) is 5.73 Å². The Bertz CT molecular complexity index is 574. The summed E-state index contributed by atoms with van der Waals surface area (Å²) in [6.07, 6.45) is 3.78. The zero-order valence-electron chi connectivity index (χ0n) is 10.7. The number of thiophene rings is 1. The maximum Gasteiger partial charge on any atom is 0.260 e. The summed E-state index contributed by atoms with van der Waals surface area (Å²) in [5, 5.41) is 11.0. The van der Waals surface area contributed by atoms with Gasteiger partial charge < -0.3 is 16.8 Å². The van der Waals surface area contributed by atoms with Gasteiger partial charge in [0, 0.05) is 12.2 Å². The number of anilines is 2. The molecule has 6 nitrogen and oxygen atoms in total. The summed E-state index contributed by atoms with van der Waals surface area (Å²) >= 11 is 1.29. The molecule has 0 radical (unpaired) electrons. The molecule has 0 aliphatic carbocycles. The van der Waals surface area contributed by atoms with Crippen molar-refractivity contribution in [3.63, 3.8) is 0 Å². The highest BCUT2D eigenvalue weighted by atomic mass is 32.1. The molecule has 0 saturated carbocycles. The number of carbonyl (C=O) groups is 1. The Morgan fingerprint density at radius 3 is 2.95 bits per heavy atom. The van der Waals surface area contributed by atoms with Crippen LogP contribution in [-0.2, 0) is 6.42 Å². The molecule has 0 aliphatic rings. The molecule has 0 unspecified atom stereocenters. The van der Waals surface area contributed by atoms with Gasteiger partial charge >= 0.3 is 0 Å². The van der Waals surface area contributed by atoms with E-state index in [2.05, 4.69) is 15.5 Å². The third-order valence-electron chi connectivity index (χ3n) is 2.84. The Hall–Kier alpha value is -2.02. The van der Waals surface area contributed by atoms with Gasteiger partial charge in [-0.2, -0.15) is 5.10 Å². The summed E-state index contributed by atoms with van der Waals surface area (Å²) in [7, 11) is 0. The number of nitrogen functional groups attached to an aromatic ring is 1. The standard InChI is InChI=1S/C12H17N5OS/c1-7-8(6-16-17-7)3-2-4-15-10-5-9(13)11(19-10)12(14)18/h5-6,15H,2-4,13H2,1H3,(H2,14,18)(H,16,17). The van der Waals surface area contributed by atoms with Gasteiger partial charge in [0.25, 0.3) is 5.91 Å². The molecule has 2 aromatic rings. The molecule has 0 aliphatic heterocycles. The van der Waals surface area contributed by atoms with Gasteiger partial charge in [0.1, 0.15) is 4.88 Å². The van der Waals surface area contributed by atoms with Crippen LogP contribution in [0.25, 0.3) is 0 Å². The highest BCUT2D eigenvalue weighted by molar-refractivity contribution is 7.18. The zero-order chi connectivity index (χ0) is 13.8. The third-order valence-corrected chi connectivity index (χ3v) is 3.96. The van der Waals surface area contributed by atoms with Crippen LogP contribution in [0.4, 0.5) is 10.7 Å². The van der Waals surface area contributed by atoms with Crippen LogP contribution in [0.3, 0.4) is 0 Å². The van der Waals surface area contributed by atoms with E-state index in [1.54, 1.807) is 6.07 Å². The van der Waals surface area contributed by atoms with Crippen LogP contribution in [0.5, 0.6) is 0 Å². The lowest BCUT2D eigenvalue weighted by atomic mass is 10.1. The van der Waals surface area contributed by atoms with Crippen LogP contribution in [-0.4, -0.2) is 22.6 Å². The number of nitrogens with two attached hydrogens (primary N) is 2. The van der Waals surface area contributed by atoms with E-state index in [9.17, 15) is 4.79 Å². The topological polar surface area (TPSA) is 110 Å². The number of rotatable bonds is 6. The number of carbonyl (C=O) groups excluding carboxylic acids is 1. The molecule has 0 spiro atoms. The van der Waals surface area contributed by atoms with E-state index in [1.807, 2.05) is 13.1 Å². The molecule has 0 fully saturated rings. The molecule has 7 heteroatoms. The highest BCUT2D eigenvalue weighted by Crippen LogP contribution is 2.28. The Balaban J connectivity index is 1.81.